The summed E-state index contributed by atoms with van der Waals surface area (Å²) in [5.74, 6) is 0.136. The summed E-state index contributed by atoms with van der Waals surface area (Å²) in [7, 11) is 0. The quantitative estimate of drug-likeness (QED) is 0.856. The smallest absolute Gasteiger partial charge is 0.271 e. The Bertz CT molecular complexity index is 804. The topological polar surface area (TPSA) is 78.4 Å². The Morgan fingerprint density at radius 2 is 1.85 bits per heavy atom. The van der Waals surface area contributed by atoms with Crippen molar-refractivity contribution in [3.8, 4) is 0 Å². The molecular formula is C19H22FN5O2. The van der Waals surface area contributed by atoms with Gasteiger partial charge in [0.05, 0.1) is 12.4 Å². The van der Waals surface area contributed by atoms with Crippen LogP contribution in [-0.2, 0) is 11.2 Å². The highest BCUT2D eigenvalue weighted by Crippen LogP contribution is 2.12. The fourth-order valence-electron chi connectivity index (χ4n) is 2.95. The summed E-state index contributed by atoms with van der Waals surface area (Å²) < 4.78 is 13.6. The molecule has 1 N–H and O–H groups in total. The first kappa shape index (κ1) is 18.8. The molecule has 0 aliphatic carbocycles. The molecule has 8 heteroatoms. The minimum Gasteiger partial charge on any atom is -0.352 e. The molecule has 0 saturated carbocycles. The molecule has 0 radical (unpaired) electrons. The average Bonchev–Trinajstić information content (AvgIpc) is 2.69. The number of benzene rings is 1. The van der Waals surface area contributed by atoms with Crippen LogP contribution < -0.4 is 10.2 Å². The van der Waals surface area contributed by atoms with E-state index in [2.05, 4.69) is 15.3 Å². The number of nitrogens with one attached hydrogen (secondary N) is 1. The van der Waals surface area contributed by atoms with Crippen LogP contribution >= 0.6 is 0 Å². The van der Waals surface area contributed by atoms with Crippen LogP contribution in [0.3, 0.4) is 0 Å². The van der Waals surface area contributed by atoms with Gasteiger partial charge in [-0.15, -0.1) is 0 Å². The highest BCUT2D eigenvalue weighted by molar-refractivity contribution is 5.92. The maximum Gasteiger partial charge on any atom is 0.271 e. The molecule has 7 nitrogen and oxygen atoms in total. The number of hydrogen-bond donors (Lipinski definition) is 1. The number of amides is 2. The van der Waals surface area contributed by atoms with Gasteiger partial charge in [-0.2, -0.15) is 0 Å². The SMILES string of the molecule is CC(=O)N1CCN(c2cnc(C(=O)NCCc3ccccc3F)cn2)CC1. The molecule has 2 amide bonds. The lowest BCUT2D eigenvalue weighted by Crippen LogP contribution is -2.48. The first-order chi connectivity index (χ1) is 13.0. The zero-order chi connectivity index (χ0) is 19.2. The van der Waals surface area contributed by atoms with E-state index in [1.807, 2.05) is 4.90 Å². The first-order valence-corrected chi connectivity index (χ1v) is 8.88. The van der Waals surface area contributed by atoms with Crippen molar-refractivity contribution in [3.63, 3.8) is 0 Å². The Kier molecular flexibility index (Phi) is 5.95. The van der Waals surface area contributed by atoms with E-state index in [-0.39, 0.29) is 23.3 Å². The van der Waals surface area contributed by atoms with E-state index in [1.54, 1.807) is 36.2 Å². The van der Waals surface area contributed by atoms with Crippen LogP contribution in [0.2, 0.25) is 0 Å². The van der Waals surface area contributed by atoms with Gasteiger partial charge in [-0.25, -0.2) is 14.4 Å². The summed E-state index contributed by atoms with van der Waals surface area (Å²) in [6, 6.07) is 6.49. The van der Waals surface area contributed by atoms with Gasteiger partial charge in [-0.3, -0.25) is 9.59 Å². The van der Waals surface area contributed by atoms with Crippen molar-refractivity contribution in [2.24, 2.45) is 0 Å². The Balaban J connectivity index is 1.50. The van der Waals surface area contributed by atoms with Gasteiger partial charge in [0.15, 0.2) is 0 Å². The molecule has 1 aromatic carbocycles. The molecule has 1 aromatic heterocycles. The Morgan fingerprint density at radius 3 is 2.48 bits per heavy atom. The predicted molar refractivity (Wildman–Crippen MR) is 98.9 cm³/mol. The normalized spacial score (nSPS) is 14.1. The highest BCUT2D eigenvalue weighted by atomic mass is 19.1. The molecule has 3 rings (SSSR count). The second-order valence-electron chi connectivity index (χ2n) is 6.35. The van der Waals surface area contributed by atoms with Crippen molar-refractivity contribution in [2.75, 3.05) is 37.6 Å². The number of nitrogens with zero attached hydrogens (tertiary/aromatic N) is 4. The van der Waals surface area contributed by atoms with Crippen LogP contribution in [0.1, 0.15) is 23.0 Å². The second-order valence-corrected chi connectivity index (χ2v) is 6.35. The van der Waals surface area contributed by atoms with Gasteiger partial charge >= 0.3 is 0 Å². The molecule has 2 aromatic rings. The summed E-state index contributed by atoms with van der Waals surface area (Å²) >= 11 is 0. The number of hydrogen-bond acceptors (Lipinski definition) is 5. The monoisotopic (exact) mass is 371 g/mol. The number of halogens is 1. The van der Waals surface area contributed by atoms with Crippen LogP contribution in [0, 0.1) is 5.82 Å². The lowest BCUT2D eigenvalue weighted by atomic mass is 10.1. The molecule has 0 spiro atoms. The fraction of sp³-hybridized carbons (Fsp3) is 0.368. The summed E-state index contributed by atoms with van der Waals surface area (Å²) in [4.78, 5) is 35.9. The van der Waals surface area contributed by atoms with E-state index in [0.717, 1.165) is 0 Å². The molecular weight excluding hydrogens is 349 g/mol. The summed E-state index contributed by atoms with van der Waals surface area (Å²) in [5.41, 5.74) is 0.776. The summed E-state index contributed by atoms with van der Waals surface area (Å²) in [6.45, 7) is 4.54. The third-order valence-corrected chi connectivity index (χ3v) is 4.56. The van der Waals surface area contributed by atoms with Gasteiger partial charge in [0.1, 0.15) is 17.3 Å². The van der Waals surface area contributed by atoms with Gasteiger partial charge in [0.2, 0.25) is 5.91 Å². The van der Waals surface area contributed by atoms with Crippen molar-refractivity contribution in [3.05, 3.63) is 53.7 Å². The van der Waals surface area contributed by atoms with Crippen molar-refractivity contribution < 1.29 is 14.0 Å². The minimum absolute atomic E-state index is 0.0723. The van der Waals surface area contributed by atoms with Gasteiger partial charge < -0.3 is 15.1 Å². The lowest BCUT2D eigenvalue weighted by molar-refractivity contribution is -0.129. The molecule has 1 aliphatic rings. The third kappa shape index (κ3) is 4.78. The number of carbonyl (C=O) groups excluding carboxylic acids is 2. The molecule has 2 heterocycles. The van der Waals surface area contributed by atoms with Crippen LogP contribution in [-0.4, -0.2) is 59.4 Å². The standard InChI is InChI=1S/C19H22FN5O2/c1-14(26)24-8-10-25(11-9-24)18-13-22-17(12-23-18)19(27)21-7-6-15-4-2-3-5-16(15)20/h2-5,12-13H,6-11H2,1H3,(H,21,27). The zero-order valence-corrected chi connectivity index (χ0v) is 15.2. The van der Waals surface area contributed by atoms with E-state index < -0.39 is 0 Å². The van der Waals surface area contributed by atoms with Gasteiger partial charge in [-0.05, 0) is 18.1 Å². The van der Waals surface area contributed by atoms with Crippen molar-refractivity contribution in [1.29, 1.82) is 0 Å². The van der Waals surface area contributed by atoms with Crippen LogP contribution in [0.5, 0.6) is 0 Å². The summed E-state index contributed by atoms with van der Waals surface area (Å²) in [5, 5.41) is 2.73. The molecule has 1 aliphatic heterocycles. The van der Waals surface area contributed by atoms with E-state index in [1.165, 1.54) is 12.3 Å². The molecule has 27 heavy (non-hydrogen) atoms. The highest BCUT2D eigenvalue weighted by Gasteiger charge is 2.20. The summed E-state index contributed by atoms with van der Waals surface area (Å²) in [6.07, 6.45) is 3.41. The Morgan fingerprint density at radius 1 is 1.11 bits per heavy atom. The maximum absolute atomic E-state index is 13.6. The van der Waals surface area contributed by atoms with Gasteiger partial charge in [0, 0.05) is 39.6 Å². The number of carbonyl (C=O) groups is 2. The number of anilines is 1. The zero-order valence-electron chi connectivity index (χ0n) is 15.2. The number of rotatable bonds is 5. The number of piperazine rings is 1. The van der Waals surface area contributed by atoms with E-state index in [0.29, 0.717) is 50.5 Å². The van der Waals surface area contributed by atoms with Crippen LogP contribution in [0.4, 0.5) is 10.2 Å². The first-order valence-electron chi connectivity index (χ1n) is 8.88. The molecule has 0 bridgehead atoms. The predicted octanol–water partition coefficient (Wildman–Crippen LogP) is 1.26. The molecule has 1 fully saturated rings. The Labute approximate surface area is 157 Å². The fourth-order valence-corrected chi connectivity index (χ4v) is 2.95. The third-order valence-electron chi connectivity index (χ3n) is 4.56. The van der Waals surface area contributed by atoms with Crippen LogP contribution in [0.25, 0.3) is 0 Å². The van der Waals surface area contributed by atoms with Crippen molar-refractivity contribution >= 4 is 17.6 Å². The maximum atomic E-state index is 13.6. The van der Waals surface area contributed by atoms with E-state index in [9.17, 15) is 14.0 Å². The minimum atomic E-state index is -0.341. The van der Waals surface area contributed by atoms with Crippen molar-refractivity contribution in [1.82, 2.24) is 20.2 Å². The second kappa shape index (κ2) is 8.57. The van der Waals surface area contributed by atoms with Crippen LogP contribution in [0.15, 0.2) is 36.7 Å². The molecule has 142 valence electrons. The van der Waals surface area contributed by atoms with Gasteiger partial charge in [-0.1, -0.05) is 18.2 Å². The molecule has 1 saturated heterocycles. The van der Waals surface area contributed by atoms with E-state index >= 15 is 0 Å². The van der Waals surface area contributed by atoms with Crippen molar-refractivity contribution in [2.45, 2.75) is 13.3 Å². The average molecular weight is 371 g/mol. The largest absolute Gasteiger partial charge is 0.352 e. The van der Waals surface area contributed by atoms with Gasteiger partial charge in [0.25, 0.3) is 5.91 Å². The number of aromatic nitrogens is 2. The molecule has 0 unspecified atom stereocenters. The lowest BCUT2D eigenvalue weighted by Gasteiger charge is -2.34. The molecule has 0 atom stereocenters. The van der Waals surface area contributed by atoms with E-state index in [4.69, 9.17) is 0 Å². The Hall–Kier alpha value is -3.03.